The molecule has 0 radical (unpaired) electrons. The van der Waals surface area contributed by atoms with Gasteiger partial charge in [-0.1, -0.05) is 76.2 Å². The van der Waals surface area contributed by atoms with Crippen LogP contribution >= 0.6 is 0 Å². The van der Waals surface area contributed by atoms with Crippen LogP contribution in [0.15, 0.2) is 122 Å². The summed E-state index contributed by atoms with van der Waals surface area (Å²) in [5.74, 6) is 0.984. The Hall–Kier alpha value is -5.22. The maximum Gasteiger partial charge on any atom is 0.146 e. The van der Waals surface area contributed by atoms with Crippen molar-refractivity contribution < 1.29 is 0 Å². The van der Waals surface area contributed by atoms with E-state index >= 15 is 0 Å². The summed E-state index contributed by atoms with van der Waals surface area (Å²) >= 11 is 0. The van der Waals surface area contributed by atoms with Gasteiger partial charge in [0.2, 0.25) is 0 Å². The van der Waals surface area contributed by atoms with Crippen molar-refractivity contribution in [1.82, 2.24) is 19.1 Å². The van der Waals surface area contributed by atoms with Crippen LogP contribution in [-0.4, -0.2) is 19.1 Å². The Morgan fingerprint density at radius 2 is 1.16 bits per heavy atom. The predicted octanol–water partition coefficient (Wildman–Crippen LogP) is 10.6. The Morgan fingerprint density at radius 3 is 1.86 bits per heavy atom. The fourth-order valence-corrected chi connectivity index (χ4v) is 6.58. The Balaban J connectivity index is 1.31. The zero-order chi connectivity index (χ0) is 29.9. The molecule has 44 heavy (non-hydrogen) atoms. The standard InChI is InChI=1S/C40H34N4/c1-25(2)27-9-14-30(15-10-27)43-38-20-13-29(23-35(38)33-21-22-41-24-39(33)43)36-19-18-34-32-7-5-6-8-37(32)44(40(34)42-36)31-16-11-28(12-17-31)26(3)4/h5-26H,1-4H3. The fourth-order valence-electron chi connectivity index (χ4n) is 6.58. The maximum atomic E-state index is 5.34. The van der Waals surface area contributed by atoms with Crippen molar-refractivity contribution in [3.8, 4) is 22.6 Å². The summed E-state index contributed by atoms with van der Waals surface area (Å²) in [7, 11) is 0. The third-order valence-electron chi connectivity index (χ3n) is 9.02. The number of para-hydroxylation sites is 1. The Morgan fingerprint density at radius 1 is 0.523 bits per heavy atom. The van der Waals surface area contributed by atoms with Gasteiger partial charge in [-0.2, -0.15) is 0 Å². The van der Waals surface area contributed by atoms with Gasteiger partial charge in [0.05, 0.1) is 28.4 Å². The van der Waals surface area contributed by atoms with Crippen LogP contribution in [0.4, 0.5) is 0 Å². The highest BCUT2D eigenvalue weighted by Gasteiger charge is 2.17. The number of rotatable bonds is 5. The van der Waals surface area contributed by atoms with Crippen molar-refractivity contribution in [2.75, 3.05) is 0 Å². The summed E-state index contributed by atoms with van der Waals surface area (Å²) in [6.07, 6.45) is 3.85. The predicted molar refractivity (Wildman–Crippen MR) is 184 cm³/mol. The molecule has 0 spiro atoms. The van der Waals surface area contributed by atoms with Crippen LogP contribution in [0, 0.1) is 0 Å². The minimum Gasteiger partial charge on any atom is -0.308 e. The second kappa shape index (κ2) is 10.2. The zero-order valence-corrected chi connectivity index (χ0v) is 25.5. The number of aromatic nitrogens is 4. The fraction of sp³-hybridized carbons (Fsp3) is 0.150. The van der Waals surface area contributed by atoms with Crippen LogP contribution in [0.25, 0.3) is 66.4 Å². The van der Waals surface area contributed by atoms with E-state index < -0.39 is 0 Å². The summed E-state index contributed by atoms with van der Waals surface area (Å²) in [5.41, 5.74) is 11.4. The quantitative estimate of drug-likeness (QED) is 0.206. The minimum absolute atomic E-state index is 0.489. The molecule has 0 saturated heterocycles. The first-order valence-corrected chi connectivity index (χ1v) is 15.5. The van der Waals surface area contributed by atoms with E-state index in [0.29, 0.717) is 11.8 Å². The van der Waals surface area contributed by atoms with Crippen LogP contribution in [0.5, 0.6) is 0 Å². The lowest BCUT2D eigenvalue weighted by atomic mass is 10.0. The van der Waals surface area contributed by atoms with Gasteiger partial charge in [0.25, 0.3) is 0 Å². The van der Waals surface area contributed by atoms with Crippen LogP contribution < -0.4 is 0 Å². The molecule has 8 aromatic rings. The number of pyridine rings is 2. The second-order valence-electron chi connectivity index (χ2n) is 12.4. The monoisotopic (exact) mass is 570 g/mol. The van der Waals surface area contributed by atoms with Crippen LogP contribution in [0.1, 0.15) is 50.7 Å². The molecule has 0 N–H and O–H groups in total. The van der Waals surface area contributed by atoms with Gasteiger partial charge in [-0.15, -0.1) is 0 Å². The van der Waals surface area contributed by atoms with Crippen molar-refractivity contribution in [2.24, 2.45) is 0 Å². The van der Waals surface area contributed by atoms with Gasteiger partial charge < -0.3 is 4.57 Å². The third-order valence-corrected chi connectivity index (χ3v) is 9.02. The molecule has 0 unspecified atom stereocenters. The molecule has 4 heteroatoms. The van der Waals surface area contributed by atoms with E-state index in [1.165, 1.54) is 32.8 Å². The molecule has 4 nitrogen and oxygen atoms in total. The molecule has 214 valence electrons. The molecule has 0 amide bonds. The molecule has 0 bridgehead atoms. The first-order chi connectivity index (χ1) is 21.5. The number of hydrogen-bond acceptors (Lipinski definition) is 2. The maximum absolute atomic E-state index is 5.34. The van der Waals surface area contributed by atoms with Crippen molar-refractivity contribution in [3.05, 3.63) is 133 Å². The highest BCUT2D eigenvalue weighted by Crippen LogP contribution is 2.37. The van der Waals surface area contributed by atoms with Gasteiger partial charge in [-0.05, 0) is 83.6 Å². The molecule has 0 aliphatic carbocycles. The smallest absolute Gasteiger partial charge is 0.146 e. The van der Waals surface area contributed by atoms with Gasteiger partial charge in [0, 0.05) is 44.7 Å². The van der Waals surface area contributed by atoms with Gasteiger partial charge in [-0.25, -0.2) is 4.98 Å². The van der Waals surface area contributed by atoms with Crippen molar-refractivity contribution in [3.63, 3.8) is 0 Å². The van der Waals surface area contributed by atoms with Gasteiger partial charge in [-0.3, -0.25) is 9.55 Å². The highest BCUT2D eigenvalue weighted by atomic mass is 15.0. The molecular weight excluding hydrogens is 536 g/mol. The van der Waals surface area contributed by atoms with E-state index in [0.717, 1.165) is 44.7 Å². The summed E-state index contributed by atoms with van der Waals surface area (Å²) in [4.78, 5) is 9.83. The van der Waals surface area contributed by atoms with Gasteiger partial charge in [0.1, 0.15) is 5.65 Å². The van der Waals surface area contributed by atoms with Crippen LogP contribution in [-0.2, 0) is 0 Å². The van der Waals surface area contributed by atoms with Crippen LogP contribution in [0.3, 0.4) is 0 Å². The summed E-state index contributed by atoms with van der Waals surface area (Å²) in [6, 6.07) is 39.6. The Kier molecular flexibility index (Phi) is 6.12. The molecule has 0 saturated carbocycles. The minimum atomic E-state index is 0.489. The number of benzene rings is 4. The highest BCUT2D eigenvalue weighted by molar-refractivity contribution is 6.11. The lowest BCUT2D eigenvalue weighted by molar-refractivity contribution is 0.865. The van der Waals surface area contributed by atoms with Gasteiger partial charge >= 0.3 is 0 Å². The molecule has 0 atom stereocenters. The lowest BCUT2D eigenvalue weighted by Gasteiger charge is -2.11. The van der Waals surface area contributed by atoms with Crippen molar-refractivity contribution >= 4 is 43.7 Å². The SMILES string of the molecule is CC(C)c1ccc(-n2c3ccc(-c4ccc5c6ccccc6n(-c6ccc(C(C)C)cc6)c5n4)cc3c3ccncc32)cc1. The van der Waals surface area contributed by atoms with E-state index in [1.807, 2.05) is 12.4 Å². The van der Waals surface area contributed by atoms with Crippen molar-refractivity contribution in [2.45, 2.75) is 39.5 Å². The average molecular weight is 571 g/mol. The molecule has 0 fully saturated rings. The summed E-state index contributed by atoms with van der Waals surface area (Å²) in [5, 5.41) is 4.75. The molecule has 4 heterocycles. The van der Waals surface area contributed by atoms with E-state index in [2.05, 4.69) is 151 Å². The first kappa shape index (κ1) is 26.4. The normalized spacial score (nSPS) is 12.0. The second-order valence-corrected chi connectivity index (χ2v) is 12.4. The number of hydrogen-bond donors (Lipinski definition) is 0. The van der Waals surface area contributed by atoms with Crippen molar-refractivity contribution in [1.29, 1.82) is 0 Å². The van der Waals surface area contributed by atoms with E-state index in [9.17, 15) is 0 Å². The molecule has 4 aromatic heterocycles. The molecular formula is C40H34N4. The Labute approximate surface area is 257 Å². The lowest BCUT2D eigenvalue weighted by Crippen LogP contribution is -1.97. The summed E-state index contributed by atoms with van der Waals surface area (Å²) < 4.78 is 4.62. The Bertz CT molecular complexity index is 2320. The van der Waals surface area contributed by atoms with Gasteiger partial charge in [0.15, 0.2) is 0 Å². The van der Waals surface area contributed by atoms with E-state index in [1.54, 1.807) is 0 Å². The first-order valence-electron chi connectivity index (χ1n) is 15.5. The largest absolute Gasteiger partial charge is 0.308 e. The molecule has 4 aromatic carbocycles. The summed E-state index contributed by atoms with van der Waals surface area (Å²) in [6.45, 7) is 8.93. The number of nitrogens with zero attached hydrogens (tertiary/aromatic N) is 4. The van der Waals surface area contributed by atoms with E-state index in [4.69, 9.17) is 4.98 Å². The van der Waals surface area contributed by atoms with E-state index in [-0.39, 0.29) is 0 Å². The van der Waals surface area contributed by atoms with Crippen LogP contribution in [0.2, 0.25) is 0 Å². The molecule has 0 aliphatic heterocycles. The number of fused-ring (bicyclic) bond motifs is 6. The average Bonchev–Trinajstić information content (AvgIpc) is 3.57. The molecule has 8 rings (SSSR count). The zero-order valence-electron chi connectivity index (χ0n) is 25.5. The topological polar surface area (TPSA) is 35.6 Å². The molecule has 0 aliphatic rings. The third kappa shape index (κ3) is 4.13.